The summed E-state index contributed by atoms with van der Waals surface area (Å²) >= 11 is 0. The van der Waals surface area contributed by atoms with E-state index >= 15 is 0 Å². The molecule has 0 amide bonds. The lowest BCUT2D eigenvalue weighted by Crippen LogP contribution is -2.45. The van der Waals surface area contributed by atoms with E-state index in [9.17, 15) is 5.11 Å². The summed E-state index contributed by atoms with van der Waals surface area (Å²) in [4.78, 5) is 2.43. The van der Waals surface area contributed by atoms with E-state index in [4.69, 9.17) is 4.74 Å². The van der Waals surface area contributed by atoms with Gasteiger partial charge in [0.15, 0.2) is 11.5 Å². The SMILES string of the molecule is CCOc1cccc(CN(CC)C2CCCNC2)c1O. The summed E-state index contributed by atoms with van der Waals surface area (Å²) < 4.78 is 5.46. The van der Waals surface area contributed by atoms with Gasteiger partial charge in [0.05, 0.1) is 6.61 Å². The molecule has 0 aromatic heterocycles. The molecule has 2 N–H and O–H groups in total. The summed E-state index contributed by atoms with van der Waals surface area (Å²) in [6.45, 7) is 8.61. The Kier molecular flexibility index (Phi) is 5.68. The maximum Gasteiger partial charge on any atom is 0.162 e. The summed E-state index contributed by atoms with van der Waals surface area (Å²) in [6.07, 6.45) is 2.46. The van der Waals surface area contributed by atoms with Gasteiger partial charge in [-0.15, -0.1) is 0 Å². The van der Waals surface area contributed by atoms with Gasteiger partial charge >= 0.3 is 0 Å². The van der Waals surface area contributed by atoms with E-state index < -0.39 is 0 Å². The van der Waals surface area contributed by atoms with Gasteiger partial charge in [0.1, 0.15) is 0 Å². The highest BCUT2D eigenvalue weighted by Crippen LogP contribution is 2.31. The molecule has 1 fully saturated rings. The third-order valence-electron chi connectivity index (χ3n) is 3.95. The number of ether oxygens (including phenoxy) is 1. The van der Waals surface area contributed by atoms with Gasteiger partial charge in [0, 0.05) is 24.7 Å². The van der Waals surface area contributed by atoms with Crippen molar-refractivity contribution in [3.63, 3.8) is 0 Å². The quantitative estimate of drug-likeness (QED) is 0.838. The zero-order valence-corrected chi connectivity index (χ0v) is 12.6. The average Bonchev–Trinajstić information content (AvgIpc) is 2.49. The number of likely N-dealkylation sites (N-methyl/N-ethyl adjacent to an activating group) is 1. The monoisotopic (exact) mass is 278 g/mol. The highest BCUT2D eigenvalue weighted by atomic mass is 16.5. The van der Waals surface area contributed by atoms with Crippen LogP contribution in [-0.2, 0) is 6.54 Å². The average molecular weight is 278 g/mol. The molecule has 0 aliphatic carbocycles. The molecule has 1 aromatic carbocycles. The number of rotatable bonds is 6. The molecule has 0 saturated carbocycles. The molecule has 1 saturated heterocycles. The van der Waals surface area contributed by atoms with E-state index in [0.29, 0.717) is 18.4 Å². The van der Waals surface area contributed by atoms with Crippen molar-refractivity contribution < 1.29 is 9.84 Å². The Balaban J connectivity index is 2.08. The first-order valence-electron chi connectivity index (χ1n) is 7.64. The number of benzene rings is 1. The Bertz CT molecular complexity index is 417. The molecule has 0 bridgehead atoms. The third kappa shape index (κ3) is 3.64. The van der Waals surface area contributed by atoms with E-state index in [2.05, 4.69) is 17.1 Å². The predicted octanol–water partition coefficient (Wildman–Crippen LogP) is 2.36. The number of piperidine rings is 1. The van der Waals surface area contributed by atoms with Gasteiger partial charge in [-0.3, -0.25) is 4.90 Å². The minimum atomic E-state index is 0.288. The first-order valence-corrected chi connectivity index (χ1v) is 7.64. The molecule has 20 heavy (non-hydrogen) atoms. The van der Waals surface area contributed by atoms with E-state index in [-0.39, 0.29) is 5.75 Å². The number of nitrogens with one attached hydrogen (secondary N) is 1. The zero-order valence-electron chi connectivity index (χ0n) is 12.6. The Labute approximate surface area is 121 Å². The van der Waals surface area contributed by atoms with Crippen LogP contribution < -0.4 is 10.1 Å². The van der Waals surface area contributed by atoms with Gasteiger partial charge in [-0.05, 0) is 38.9 Å². The molecule has 0 radical (unpaired) electrons. The van der Waals surface area contributed by atoms with Gasteiger partial charge in [-0.25, -0.2) is 0 Å². The standard InChI is InChI=1S/C16H26N2O2/c1-3-18(14-8-6-10-17-11-14)12-13-7-5-9-15(16(13)19)20-4-2/h5,7,9,14,17,19H,3-4,6,8,10-12H2,1-2H3. The first-order chi connectivity index (χ1) is 9.76. The first kappa shape index (κ1) is 15.1. The van der Waals surface area contributed by atoms with Crippen molar-refractivity contribution in [3.8, 4) is 11.5 Å². The van der Waals surface area contributed by atoms with Crippen LogP contribution in [0.3, 0.4) is 0 Å². The summed E-state index contributed by atoms with van der Waals surface area (Å²) in [6, 6.07) is 6.31. The van der Waals surface area contributed by atoms with E-state index in [1.54, 1.807) is 0 Å². The number of phenolic OH excluding ortho intramolecular Hbond substituents is 1. The van der Waals surface area contributed by atoms with Crippen molar-refractivity contribution >= 4 is 0 Å². The van der Waals surface area contributed by atoms with Crippen LogP contribution in [0.5, 0.6) is 11.5 Å². The molecule has 1 heterocycles. The second-order valence-electron chi connectivity index (χ2n) is 5.26. The Morgan fingerprint density at radius 1 is 1.40 bits per heavy atom. The van der Waals surface area contributed by atoms with E-state index in [1.165, 1.54) is 12.8 Å². The Hall–Kier alpha value is -1.26. The second-order valence-corrected chi connectivity index (χ2v) is 5.26. The second kappa shape index (κ2) is 7.50. The van der Waals surface area contributed by atoms with Crippen LogP contribution in [0.2, 0.25) is 0 Å². The van der Waals surface area contributed by atoms with Gasteiger partial charge in [-0.2, -0.15) is 0 Å². The van der Waals surface area contributed by atoms with Crippen molar-refractivity contribution in [2.24, 2.45) is 0 Å². The largest absolute Gasteiger partial charge is 0.504 e. The molecule has 2 rings (SSSR count). The van der Waals surface area contributed by atoms with Crippen LogP contribution >= 0.6 is 0 Å². The van der Waals surface area contributed by atoms with Crippen molar-refractivity contribution in [2.75, 3.05) is 26.2 Å². The molecule has 0 spiro atoms. The molecular formula is C16H26N2O2. The zero-order chi connectivity index (χ0) is 14.4. The number of hydrogen-bond acceptors (Lipinski definition) is 4. The molecule has 1 aliphatic rings. The van der Waals surface area contributed by atoms with Gasteiger partial charge in [0.2, 0.25) is 0 Å². The minimum Gasteiger partial charge on any atom is -0.504 e. The maximum absolute atomic E-state index is 10.3. The fourth-order valence-electron chi connectivity index (χ4n) is 2.83. The summed E-state index contributed by atoms with van der Waals surface area (Å²) in [5, 5.41) is 13.7. The normalized spacial score (nSPS) is 19.2. The van der Waals surface area contributed by atoms with Crippen LogP contribution in [0.1, 0.15) is 32.3 Å². The Morgan fingerprint density at radius 2 is 2.25 bits per heavy atom. The van der Waals surface area contributed by atoms with Crippen LogP contribution in [0.15, 0.2) is 18.2 Å². The van der Waals surface area contributed by atoms with Crippen LogP contribution in [0.4, 0.5) is 0 Å². The smallest absolute Gasteiger partial charge is 0.162 e. The van der Waals surface area contributed by atoms with Gasteiger partial charge in [0.25, 0.3) is 0 Å². The van der Waals surface area contributed by atoms with Crippen molar-refractivity contribution in [1.29, 1.82) is 0 Å². The van der Waals surface area contributed by atoms with Crippen molar-refractivity contribution in [3.05, 3.63) is 23.8 Å². The van der Waals surface area contributed by atoms with E-state index in [0.717, 1.165) is 31.7 Å². The van der Waals surface area contributed by atoms with Crippen molar-refractivity contribution in [2.45, 2.75) is 39.3 Å². The summed E-state index contributed by atoms with van der Waals surface area (Å²) in [5.74, 6) is 0.874. The molecule has 4 nitrogen and oxygen atoms in total. The number of phenols is 1. The van der Waals surface area contributed by atoms with Gasteiger partial charge < -0.3 is 15.2 Å². The molecule has 4 heteroatoms. The molecule has 1 aliphatic heterocycles. The molecule has 1 atom stereocenters. The summed E-state index contributed by atoms with van der Waals surface area (Å²) in [7, 11) is 0. The lowest BCUT2D eigenvalue weighted by Gasteiger charge is -2.34. The van der Waals surface area contributed by atoms with E-state index in [1.807, 2.05) is 25.1 Å². The lowest BCUT2D eigenvalue weighted by molar-refractivity contribution is 0.164. The number of hydrogen-bond donors (Lipinski definition) is 2. The van der Waals surface area contributed by atoms with Gasteiger partial charge in [-0.1, -0.05) is 19.1 Å². The summed E-state index contributed by atoms with van der Waals surface area (Å²) in [5.41, 5.74) is 0.948. The molecule has 1 aromatic rings. The third-order valence-corrected chi connectivity index (χ3v) is 3.95. The fraction of sp³-hybridized carbons (Fsp3) is 0.625. The fourth-order valence-corrected chi connectivity index (χ4v) is 2.83. The topological polar surface area (TPSA) is 44.7 Å². The number of para-hydroxylation sites is 1. The predicted molar refractivity (Wildman–Crippen MR) is 81.3 cm³/mol. The highest BCUT2D eigenvalue weighted by molar-refractivity contribution is 5.45. The lowest BCUT2D eigenvalue weighted by atomic mass is 10.0. The van der Waals surface area contributed by atoms with Crippen molar-refractivity contribution in [1.82, 2.24) is 10.2 Å². The minimum absolute atomic E-state index is 0.288. The number of nitrogens with zero attached hydrogens (tertiary/aromatic N) is 1. The molecular weight excluding hydrogens is 252 g/mol. The molecule has 112 valence electrons. The molecule has 1 unspecified atom stereocenters. The Morgan fingerprint density at radius 3 is 2.90 bits per heavy atom. The highest BCUT2D eigenvalue weighted by Gasteiger charge is 2.21. The van der Waals surface area contributed by atoms with Crippen LogP contribution in [-0.4, -0.2) is 42.3 Å². The van der Waals surface area contributed by atoms with Crippen LogP contribution in [0, 0.1) is 0 Å². The number of aromatic hydroxyl groups is 1. The van der Waals surface area contributed by atoms with Crippen LogP contribution in [0.25, 0.3) is 0 Å². The maximum atomic E-state index is 10.3.